The summed E-state index contributed by atoms with van der Waals surface area (Å²) in [5.41, 5.74) is 0.950. The molecule has 1 aliphatic heterocycles. The SMILES string of the molecule is COc1ccc(N2C[C@@H](C(=O)Nc3nc(C(C)=O)cs3)CC2=O)cc1OC. The molecule has 1 aliphatic rings. The van der Waals surface area contributed by atoms with Crippen molar-refractivity contribution in [2.24, 2.45) is 5.92 Å². The van der Waals surface area contributed by atoms with E-state index in [1.165, 1.54) is 32.5 Å². The van der Waals surface area contributed by atoms with Crippen molar-refractivity contribution in [3.05, 3.63) is 29.3 Å². The number of amides is 2. The van der Waals surface area contributed by atoms with Gasteiger partial charge in [-0.05, 0) is 12.1 Å². The second-order valence-electron chi connectivity index (χ2n) is 6.03. The number of rotatable bonds is 6. The minimum Gasteiger partial charge on any atom is -0.493 e. The van der Waals surface area contributed by atoms with Gasteiger partial charge in [-0.1, -0.05) is 0 Å². The maximum atomic E-state index is 12.5. The molecular formula is C18H19N3O5S. The van der Waals surface area contributed by atoms with Crippen LogP contribution in [0.5, 0.6) is 11.5 Å². The van der Waals surface area contributed by atoms with Crippen molar-refractivity contribution in [1.82, 2.24) is 4.98 Å². The number of Topliss-reactive ketones (excluding diaryl/α,β-unsaturated/α-hetero) is 1. The van der Waals surface area contributed by atoms with Gasteiger partial charge in [-0.3, -0.25) is 14.4 Å². The van der Waals surface area contributed by atoms with Crippen molar-refractivity contribution in [3.63, 3.8) is 0 Å². The van der Waals surface area contributed by atoms with Crippen LogP contribution in [-0.2, 0) is 9.59 Å². The average Bonchev–Trinajstić information content (AvgIpc) is 3.28. The van der Waals surface area contributed by atoms with Gasteiger partial charge >= 0.3 is 0 Å². The Bertz CT molecular complexity index is 895. The van der Waals surface area contributed by atoms with Crippen LogP contribution < -0.4 is 19.7 Å². The smallest absolute Gasteiger partial charge is 0.231 e. The highest BCUT2D eigenvalue weighted by molar-refractivity contribution is 7.14. The van der Waals surface area contributed by atoms with Crippen molar-refractivity contribution in [3.8, 4) is 11.5 Å². The Hall–Kier alpha value is -2.94. The summed E-state index contributed by atoms with van der Waals surface area (Å²) < 4.78 is 10.5. The predicted molar refractivity (Wildman–Crippen MR) is 101 cm³/mol. The molecule has 1 aromatic carbocycles. The Morgan fingerprint density at radius 1 is 1.26 bits per heavy atom. The predicted octanol–water partition coefficient (Wildman–Crippen LogP) is 2.35. The number of carbonyl (C=O) groups is 3. The first-order chi connectivity index (χ1) is 12.9. The fraction of sp³-hybridized carbons (Fsp3) is 0.333. The number of benzene rings is 1. The first-order valence-electron chi connectivity index (χ1n) is 8.22. The van der Waals surface area contributed by atoms with Crippen LogP contribution in [0, 0.1) is 5.92 Å². The van der Waals surface area contributed by atoms with E-state index >= 15 is 0 Å². The van der Waals surface area contributed by atoms with E-state index in [0.29, 0.717) is 28.0 Å². The molecule has 1 saturated heterocycles. The zero-order chi connectivity index (χ0) is 19.6. The number of anilines is 2. The molecule has 0 bridgehead atoms. The quantitative estimate of drug-likeness (QED) is 0.762. The molecule has 0 radical (unpaired) electrons. The van der Waals surface area contributed by atoms with Crippen molar-refractivity contribution in [2.75, 3.05) is 31.0 Å². The van der Waals surface area contributed by atoms with Crippen LogP contribution in [0.15, 0.2) is 23.6 Å². The molecule has 0 saturated carbocycles. The number of hydrogen-bond donors (Lipinski definition) is 1. The van der Waals surface area contributed by atoms with Crippen LogP contribution in [0.3, 0.4) is 0 Å². The van der Waals surface area contributed by atoms with E-state index in [-0.39, 0.29) is 30.6 Å². The lowest BCUT2D eigenvalue weighted by molar-refractivity contribution is -0.122. The standard InChI is InChI=1S/C18H19N3O5S/c1-10(22)13-9-27-18(19-13)20-17(24)11-6-16(23)21(8-11)12-4-5-14(25-2)15(7-12)26-3/h4-5,7,9,11H,6,8H2,1-3H3,(H,19,20,24)/t11-/m0/s1. The van der Waals surface area contributed by atoms with Crippen LogP contribution in [0.4, 0.5) is 10.8 Å². The Labute approximate surface area is 160 Å². The highest BCUT2D eigenvalue weighted by atomic mass is 32.1. The lowest BCUT2D eigenvalue weighted by Gasteiger charge is -2.18. The van der Waals surface area contributed by atoms with Gasteiger partial charge in [0.15, 0.2) is 22.4 Å². The van der Waals surface area contributed by atoms with Crippen LogP contribution in [0.1, 0.15) is 23.8 Å². The summed E-state index contributed by atoms with van der Waals surface area (Å²) in [6, 6.07) is 5.17. The van der Waals surface area contributed by atoms with E-state index in [9.17, 15) is 14.4 Å². The minimum atomic E-state index is -0.504. The van der Waals surface area contributed by atoms with E-state index in [0.717, 1.165) is 0 Å². The van der Waals surface area contributed by atoms with Gasteiger partial charge in [0.05, 0.1) is 20.1 Å². The third-order valence-electron chi connectivity index (χ3n) is 4.27. The number of nitrogens with zero attached hydrogens (tertiary/aromatic N) is 2. The van der Waals surface area contributed by atoms with E-state index in [2.05, 4.69) is 10.3 Å². The Balaban J connectivity index is 1.71. The number of hydrogen-bond acceptors (Lipinski definition) is 7. The highest BCUT2D eigenvalue weighted by Gasteiger charge is 2.35. The summed E-state index contributed by atoms with van der Waals surface area (Å²) in [5.74, 6) is -0.0399. The number of ether oxygens (including phenoxy) is 2. The van der Waals surface area contributed by atoms with Crippen molar-refractivity contribution >= 4 is 39.8 Å². The molecule has 27 heavy (non-hydrogen) atoms. The fourth-order valence-corrected chi connectivity index (χ4v) is 3.58. The van der Waals surface area contributed by atoms with E-state index in [4.69, 9.17) is 9.47 Å². The molecule has 2 amide bonds. The average molecular weight is 389 g/mol. The number of nitrogens with one attached hydrogen (secondary N) is 1. The zero-order valence-corrected chi connectivity index (χ0v) is 16.0. The summed E-state index contributed by atoms with van der Waals surface area (Å²) in [4.78, 5) is 41.8. The maximum Gasteiger partial charge on any atom is 0.231 e. The summed E-state index contributed by atoms with van der Waals surface area (Å²) in [6.45, 7) is 1.67. The monoisotopic (exact) mass is 389 g/mol. The van der Waals surface area contributed by atoms with E-state index < -0.39 is 5.92 Å². The van der Waals surface area contributed by atoms with Crippen LogP contribution in [-0.4, -0.2) is 43.3 Å². The summed E-state index contributed by atoms with van der Waals surface area (Å²) in [6.07, 6.45) is 0.102. The number of aromatic nitrogens is 1. The van der Waals surface area contributed by atoms with Gasteiger partial charge in [0.1, 0.15) is 5.69 Å². The number of ketones is 1. The zero-order valence-electron chi connectivity index (χ0n) is 15.1. The normalized spacial score (nSPS) is 16.3. The highest BCUT2D eigenvalue weighted by Crippen LogP contribution is 2.34. The molecule has 2 aromatic rings. The lowest BCUT2D eigenvalue weighted by atomic mass is 10.1. The van der Waals surface area contributed by atoms with Crippen molar-refractivity contribution < 1.29 is 23.9 Å². The molecule has 3 rings (SSSR count). The van der Waals surface area contributed by atoms with Gasteiger partial charge in [-0.2, -0.15) is 0 Å². The minimum absolute atomic E-state index is 0.102. The fourth-order valence-electron chi connectivity index (χ4n) is 2.83. The molecule has 142 valence electrons. The van der Waals surface area contributed by atoms with E-state index in [1.807, 2.05) is 0 Å². The molecule has 8 nitrogen and oxygen atoms in total. The van der Waals surface area contributed by atoms with Crippen LogP contribution in [0.25, 0.3) is 0 Å². The molecule has 0 spiro atoms. The van der Waals surface area contributed by atoms with Gasteiger partial charge in [0.2, 0.25) is 11.8 Å². The summed E-state index contributed by atoms with van der Waals surface area (Å²) in [5, 5.41) is 4.63. The third kappa shape index (κ3) is 3.92. The maximum absolute atomic E-state index is 12.5. The molecule has 0 unspecified atom stereocenters. The van der Waals surface area contributed by atoms with Gasteiger partial charge in [-0.15, -0.1) is 11.3 Å². The molecule has 1 N–H and O–H groups in total. The molecule has 0 aliphatic carbocycles. The first-order valence-corrected chi connectivity index (χ1v) is 9.10. The Kier molecular flexibility index (Phi) is 5.41. The van der Waals surface area contributed by atoms with Gasteiger partial charge in [-0.25, -0.2) is 4.98 Å². The molecule has 9 heteroatoms. The van der Waals surface area contributed by atoms with Gasteiger partial charge in [0, 0.05) is 37.0 Å². The topological polar surface area (TPSA) is 97.8 Å². The third-order valence-corrected chi connectivity index (χ3v) is 5.03. The van der Waals surface area contributed by atoms with Gasteiger partial charge in [0.25, 0.3) is 0 Å². The molecule has 1 fully saturated rings. The second kappa shape index (κ2) is 7.75. The summed E-state index contributed by atoms with van der Waals surface area (Å²) in [7, 11) is 3.06. The van der Waals surface area contributed by atoms with Crippen LogP contribution in [0.2, 0.25) is 0 Å². The first kappa shape index (κ1) is 18.8. The summed E-state index contributed by atoms with van der Waals surface area (Å²) >= 11 is 1.18. The van der Waals surface area contributed by atoms with Crippen LogP contribution >= 0.6 is 11.3 Å². The number of thiazole rings is 1. The van der Waals surface area contributed by atoms with Gasteiger partial charge < -0.3 is 19.7 Å². The molecular weight excluding hydrogens is 370 g/mol. The number of carbonyl (C=O) groups excluding carboxylic acids is 3. The molecule has 1 aromatic heterocycles. The largest absolute Gasteiger partial charge is 0.493 e. The second-order valence-corrected chi connectivity index (χ2v) is 6.89. The van der Waals surface area contributed by atoms with E-state index in [1.54, 1.807) is 28.5 Å². The lowest BCUT2D eigenvalue weighted by Crippen LogP contribution is -2.28. The number of methoxy groups -OCH3 is 2. The van der Waals surface area contributed by atoms with Crippen molar-refractivity contribution in [2.45, 2.75) is 13.3 Å². The van der Waals surface area contributed by atoms with Crippen molar-refractivity contribution in [1.29, 1.82) is 0 Å². The molecule has 2 heterocycles. The Morgan fingerprint density at radius 2 is 2.00 bits per heavy atom. The molecule has 1 atom stereocenters. The Morgan fingerprint density at radius 3 is 2.63 bits per heavy atom.